The summed E-state index contributed by atoms with van der Waals surface area (Å²) in [6.45, 7) is 0. The number of sulfone groups is 1. The highest BCUT2D eigenvalue weighted by Gasteiger charge is 2.50. The van der Waals surface area contributed by atoms with Crippen LogP contribution < -0.4 is 14.4 Å². The lowest BCUT2D eigenvalue weighted by Gasteiger charge is -2.26. The zero-order valence-electron chi connectivity index (χ0n) is 17.4. The number of thioether (sulfide) groups is 1. The van der Waals surface area contributed by atoms with Crippen LogP contribution in [0.15, 0.2) is 23.2 Å². The third-order valence-electron chi connectivity index (χ3n) is 6.17. The predicted molar refractivity (Wildman–Crippen MR) is 119 cm³/mol. The number of benzene rings is 1. The van der Waals surface area contributed by atoms with Gasteiger partial charge in [0.15, 0.2) is 15.0 Å². The Hall–Kier alpha value is -1.74. The smallest absolute Gasteiger partial charge is 0.248 e. The molecular formula is C21H28N2O5S2. The van der Waals surface area contributed by atoms with E-state index in [-0.39, 0.29) is 28.7 Å². The van der Waals surface area contributed by atoms with Crippen molar-refractivity contribution in [1.29, 1.82) is 0 Å². The Morgan fingerprint density at radius 1 is 1.20 bits per heavy atom. The molecule has 2 atom stereocenters. The van der Waals surface area contributed by atoms with Gasteiger partial charge >= 0.3 is 0 Å². The average Bonchev–Trinajstić information content (AvgIpc) is 3.40. The highest BCUT2D eigenvalue weighted by Crippen LogP contribution is 2.44. The molecule has 2 heterocycles. The molecule has 7 nitrogen and oxygen atoms in total. The topological polar surface area (TPSA) is 85.3 Å². The number of rotatable bonds is 6. The van der Waals surface area contributed by atoms with Crippen molar-refractivity contribution in [2.75, 3.05) is 30.6 Å². The molecule has 0 spiro atoms. The summed E-state index contributed by atoms with van der Waals surface area (Å²) in [6.07, 6.45) is 6.24. The van der Waals surface area contributed by atoms with Crippen molar-refractivity contribution in [3.8, 4) is 11.5 Å². The Balaban J connectivity index is 1.62. The zero-order chi connectivity index (χ0) is 21.3. The van der Waals surface area contributed by atoms with Gasteiger partial charge in [0.1, 0.15) is 11.5 Å². The van der Waals surface area contributed by atoms with Crippen LogP contribution in [0.25, 0.3) is 0 Å². The van der Waals surface area contributed by atoms with E-state index in [0.717, 1.165) is 6.42 Å². The molecule has 3 aliphatic rings. The SMILES string of the molecule is COc1ccc(N2C(=NC(=O)CCC3CCCC3)S[C@H]3CS(=O)(=O)C[C@@H]32)c(OC)c1. The molecule has 0 unspecified atom stereocenters. The maximum atomic E-state index is 12.6. The van der Waals surface area contributed by atoms with Crippen LogP contribution in [0.2, 0.25) is 0 Å². The minimum atomic E-state index is -3.12. The molecule has 1 saturated carbocycles. The van der Waals surface area contributed by atoms with E-state index in [0.29, 0.717) is 34.7 Å². The maximum absolute atomic E-state index is 12.6. The van der Waals surface area contributed by atoms with E-state index in [1.54, 1.807) is 26.4 Å². The molecule has 3 fully saturated rings. The van der Waals surface area contributed by atoms with Gasteiger partial charge in [-0.2, -0.15) is 4.99 Å². The van der Waals surface area contributed by atoms with Crippen LogP contribution in [0.4, 0.5) is 5.69 Å². The van der Waals surface area contributed by atoms with E-state index in [1.807, 2.05) is 11.0 Å². The summed E-state index contributed by atoms with van der Waals surface area (Å²) >= 11 is 1.39. The van der Waals surface area contributed by atoms with Crippen molar-refractivity contribution in [3.05, 3.63) is 18.2 Å². The minimum Gasteiger partial charge on any atom is -0.497 e. The fourth-order valence-corrected chi connectivity index (χ4v) is 8.54. The molecule has 1 aliphatic carbocycles. The van der Waals surface area contributed by atoms with Crippen LogP contribution in [0.1, 0.15) is 38.5 Å². The van der Waals surface area contributed by atoms with Crippen LogP contribution in [0, 0.1) is 5.92 Å². The third kappa shape index (κ3) is 4.46. The molecule has 4 rings (SSSR count). The number of carbonyl (C=O) groups is 1. The summed E-state index contributed by atoms with van der Waals surface area (Å²) in [4.78, 5) is 18.9. The van der Waals surface area contributed by atoms with Gasteiger partial charge in [0.05, 0.1) is 37.5 Å². The zero-order valence-corrected chi connectivity index (χ0v) is 19.0. The summed E-state index contributed by atoms with van der Waals surface area (Å²) in [5, 5.41) is 0.433. The number of nitrogens with zero attached hydrogens (tertiary/aromatic N) is 2. The third-order valence-corrected chi connectivity index (χ3v) is 9.38. The summed E-state index contributed by atoms with van der Waals surface area (Å²) in [5.74, 6) is 1.86. The molecule has 2 saturated heterocycles. The first-order valence-corrected chi connectivity index (χ1v) is 13.1. The number of anilines is 1. The Morgan fingerprint density at radius 2 is 1.97 bits per heavy atom. The van der Waals surface area contributed by atoms with Crippen molar-refractivity contribution in [3.63, 3.8) is 0 Å². The second kappa shape index (κ2) is 8.78. The second-order valence-electron chi connectivity index (χ2n) is 8.19. The molecule has 2 aliphatic heterocycles. The lowest BCUT2D eigenvalue weighted by atomic mass is 10.0. The van der Waals surface area contributed by atoms with Gasteiger partial charge in [-0.1, -0.05) is 37.4 Å². The lowest BCUT2D eigenvalue weighted by molar-refractivity contribution is -0.118. The fourth-order valence-electron chi connectivity index (χ4n) is 4.62. The van der Waals surface area contributed by atoms with Crippen molar-refractivity contribution in [1.82, 2.24) is 0 Å². The van der Waals surface area contributed by atoms with E-state index in [4.69, 9.17) is 9.47 Å². The van der Waals surface area contributed by atoms with Crippen molar-refractivity contribution in [2.45, 2.75) is 49.8 Å². The minimum absolute atomic E-state index is 0.0507. The van der Waals surface area contributed by atoms with Crippen LogP contribution >= 0.6 is 11.8 Å². The number of hydrogen-bond acceptors (Lipinski definition) is 6. The monoisotopic (exact) mass is 452 g/mol. The van der Waals surface area contributed by atoms with Gasteiger partial charge in [0, 0.05) is 17.7 Å². The number of methoxy groups -OCH3 is 2. The Labute approximate surface area is 182 Å². The molecule has 164 valence electrons. The van der Waals surface area contributed by atoms with E-state index >= 15 is 0 Å². The predicted octanol–water partition coefficient (Wildman–Crippen LogP) is 3.28. The molecule has 0 aromatic heterocycles. The molecule has 0 bridgehead atoms. The van der Waals surface area contributed by atoms with Gasteiger partial charge < -0.3 is 14.4 Å². The van der Waals surface area contributed by atoms with Crippen LogP contribution in [0.3, 0.4) is 0 Å². The summed E-state index contributed by atoms with van der Waals surface area (Å²) in [6, 6.07) is 5.14. The fraction of sp³-hybridized carbons (Fsp3) is 0.619. The summed E-state index contributed by atoms with van der Waals surface area (Å²) in [5.41, 5.74) is 0.706. The standard InChI is InChI=1S/C21H28N2O5S2/c1-27-15-8-9-16(18(11-15)28-2)23-17-12-30(25,26)13-19(17)29-21(23)22-20(24)10-7-14-5-3-4-6-14/h8-9,11,14,17,19H,3-7,10,12-13H2,1-2H3/t17-,19-/m0/s1. The van der Waals surface area contributed by atoms with Crippen LogP contribution in [-0.2, 0) is 14.6 Å². The van der Waals surface area contributed by atoms with Crippen LogP contribution in [-0.4, -0.2) is 56.5 Å². The van der Waals surface area contributed by atoms with Gasteiger partial charge in [0.2, 0.25) is 5.91 Å². The van der Waals surface area contributed by atoms with E-state index < -0.39 is 9.84 Å². The van der Waals surface area contributed by atoms with Crippen molar-refractivity contribution in [2.24, 2.45) is 10.9 Å². The molecular weight excluding hydrogens is 424 g/mol. The first kappa shape index (κ1) is 21.5. The first-order chi connectivity index (χ1) is 14.4. The first-order valence-electron chi connectivity index (χ1n) is 10.4. The number of fused-ring (bicyclic) bond motifs is 1. The number of hydrogen-bond donors (Lipinski definition) is 0. The number of amidine groups is 1. The van der Waals surface area contributed by atoms with Gasteiger partial charge in [-0.15, -0.1) is 0 Å². The van der Waals surface area contributed by atoms with Gasteiger partial charge in [-0.3, -0.25) is 4.79 Å². The molecule has 0 radical (unpaired) electrons. The van der Waals surface area contributed by atoms with E-state index in [1.165, 1.54) is 37.4 Å². The maximum Gasteiger partial charge on any atom is 0.248 e. The van der Waals surface area contributed by atoms with Crippen molar-refractivity contribution < 1.29 is 22.7 Å². The number of carbonyl (C=O) groups excluding carboxylic acids is 1. The molecule has 1 aromatic carbocycles. The normalized spacial score (nSPS) is 26.9. The van der Waals surface area contributed by atoms with Gasteiger partial charge in [-0.05, 0) is 24.5 Å². The molecule has 1 aromatic rings. The van der Waals surface area contributed by atoms with E-state index in [2.05, 4.69) is 4.99 Å². The second-order valence-corrected chi connectivity index (χ2v) is 11.5. The Bertz CT molecular complexity index is 941. The van der Waals surface area contributed by atoms with Crippen molar-refractivity contribution >= 4 is 38.4 Å². The molecule has 30 heavy (non-hydrogen) atoms. The van der Waals surface area contributed by atoms with E-state index in [9.17, 15) is 13.2 Å². The quantitative estimate of drug-likeness (QED) is 0.655. The summed E-state index contributed by atoms with van der Waals surface area (Å²) < 4.78 is 35.3. The molecule has 0 N–H and O–H groups in total. The van der Waals surface area contributed by atoms with Gasteiger partial charge in [-0.25, -0.2) is 8.42 Å². The Morgan fingerprint density at radius 3 is 2.67 bits per heavy atom. The molecule has 1 amide bonds. The highest BCUT2D eigenvalue weighted by molar-refractivity contribution is 8.16. The number of aliphatic imine (C=N–C) groups is 1. The average molecular weight is 453 g/mol. The largest absolute Gasteiger partial charge is 0.497 e. The van der Waals surface area contributed by atoms with Crippen LogP contribution in [0.5, 0.6) is 11.5 Å². The Kier molecular flexibility index (Phi) is 6.29. The number of ether oxygens (including phenoxy) is 2. The van der Waals surface area contributed by atoms with Gasteiger partial charge in [0.25, 0.3) is 0 Å². The summed E-state index contributed by atoms with van der Waals surface area (Å²) in [7, 11) is 0.0225. The lowest BCUT2D eigenvalue weighted by Crippen LogP contribution is -2.38. The molecule has 9 heteroatoms. The number of amides is 1. The highest BCUT2D eigenvalue weighted by atomic mass is 32.2.